The fraction of sp³-hybridized carbons (Fsp3) is 0.857. The van der Waals surface area contributed by atoms with E-state index in [1.165, 1.54) is 0 Å². The first-order chi connectivity index (χ1) is 4.70. The van der Waals surface area contributed by atoms with Gasteiger partial charge in [-0.25, -0.2) is 0 Å². The van der Waals surface area contributed by atoms with Gasteiger partial charge in [-0.05, 0) is 20.4 Å². The second kappa shape index (κ2) is 4.84. The van der Waals surface area contributed by atoms with Gasteiger partial charge in [-0.3, -0.25) is 4.90 Å². The maximum absolute atomic E-state index is 10.8. The number of hydrogen-bond acceptors (Lipinski definition) is 2. The molecule has 1 aliphatic rings. The van der Waals surface area contributed by atoms with Crippen LogP contribution in [0.5, 0.6) is 0 Å². The maximum Gasteiger partial charge on any atom is 0.0655 e. The van der Waals surface area contributed by atoms with Crippen molar-refractivity contribution in [2.45, 2.75) is 19.9 Å². The van der Waals surface area contributed by atoms with E-state index in [1.807, 2.05) is 0 Å². The van der Waals surface area contributed by atoms with Crippen molar-refractivity contribution in [3.63, 3.8) is 0 Å². The van der Waals surface area contributed by atoms with Crippen LogP contribution < -0.4 is 0 Å². The van der Waals surface area contributed by atoms with Crippen LogP contribution in [0, 0.1) is 0 Å². The number of amides is 1. The zero-order valence-corrected chi connectivity index (χ0v) is 8.47. The SMILES string of the molecule is CC(C)N1CC[N-]C(=O)C1.[Rh]. The summed E-state index contributed by atoms with van der Waals surface area (Å²) >= 11 is 0. The second-order valence-electron chi connectivity index (χ2n) is 2.84. The molecule has 1 fully saturated rings. The van der Waals surface area contributed by atoms with E-state index in [0.29, 0.717) is 19.1 Å². The van der Waals surface area contributed by atoms with E-state index in [2.05, 4.69) is 24.1 Å². The van der Waals surface area contributed by atoms with Crippen LogP contribution in [-0.2, 0) is 24.3 Å². The molecule has 0 N–H and O–H groups in total. The number of hydrogen-bond donors (Lipinski definition) is 0. The summed E-state index contributed by atoms with van der Waals surface area (Å²) in [6, 6.07) is 0.472. The molecule has 0 atom stereocenters. The van der Waals surface area contributed by atoms with E-state index < -0.39 is 0 Å². The molecule has 0 aliphatic carbocycles. The molecular formula is C7H13N2ORh-. The summed E-state index contributed by atoms with van der Waals surface area (Å²) in [5.74, 6) is 0.0277. The Balaban J connectivity index is 0.000001000. The Kier molecular flexibility index (Phi) is 4.86. The Labute approximate surface area is 80.3 Å². The summed E-state index contributed by atoms with van der Waals surface area (Å²) in [5, 5.41) is 3.78. The van der Waals surface area contributed by atoms with Crippen molar-refractivity contribution in [3.05, 3.63) is 5.32 Å². The Morgan fingerprint density at radius 2 is 2.18 bits per heavy atom. The molecule has 1 radical (unpaired) electrons. The molecular weight excluding hydrogens is 231 g/mol. The minimum Gasteiger partial charge on any atom is -0.651 e. The van der Waals surface area contributed by atoms with E-state index in [1.54, 1.807) is 0 Å². The van der Waals surface area contributed by atoms with Gasteiger partial charge in [0, 0.05) is 32.1 Å². The summed E-state index contributed by atoms with van der Waals surface area (Å²) in [6.45, 7) is 6.31. The number of piperazine rings is 1. The third-order valence-corrected chi connectivity index (χ3v) is 1.74. The second-order valence-corrected chi connectivity index (χ2v) is 2.84. The average molecular weight is 244 g/mol. The summed E-state index contributed by atoms with van der Waals surface area (Å²) in [7, 11) is 0. The fourth-order valence-electron chi connectivity index (χ4n) is 1.05. The van der Waals surface area contributed by atoms with Crippen molar-refractivity contribution in [1.29, 1.82) is 0 Å². The molecule has 11 heavy (non-hydrogen) atoms. The van der Waals surface area contributed by atoms with E-state index in [9.17, 15) is 4.79 Å². The van der Waals surface area contributed by atoms with E-state index in [-0.39, 0.29) is 25.4 Å². The Morgan fingerprint density at radius 3 is 2.55 bits per heavy atom. The molecule has 1 amide bonds. The summed E-state index contributed by atoms with van der Waals surface area (Å²) in [5.41, 5.74) is 0. The first-order valence-corrected chi connectivity index (χ1v) is 3.64. The third kappa shape index (κ3) is 3.30. The number of carbonyl (C=O) groups excluding carboxylic acids is 1. The predicted octanol–water partition coefficient (Wildman–Crippen LogP) is 0.608. The molecule has 0 bridgehead atoms. The van der Waals surface area contributed by atoms with E-state index >= 15 is 0 Å². The molecule has 0 spiro atoms. The predicted molar refractivity (Wildman–Crippen MR) is 39.9 cm³/mol. The van der Waals surface area contributed by atoms with Crippen molar-refractivity contribution >= 4 is 5.91 Å². The van der Waals surface area contributed by atoms with Gasteiger partial charge in [0.25, 0.3) is 0 Å². The summed E-state index contributed by atoms with van der Waals surface area (Å²) < 4.78 is 0. The molecule has 67 valence electrons. The van der Waals surface area contributed by atoms with Gasteiger partial charge >= 0.3 is 0 Å². The number of rotatable bonds is 1. The average Bonchev–Trinajstić information content (AvgIpc) is 1.88. The standard InChI is InChI=1S/C7H14N2O.Rh/c1-6(2)9-4-3-8-7(10)5-9;/h6H,3-5H2,1-2H3,(H,8,10);/p-1. The van der Waals surface area contributed by atoms with Crippen molar-refractivity contribution in [3.8, 4) is 0 Å². The molecule has 0 aromatic heterocycles. The molecule has 1 rings (SSSR count). The molecule has 1 heterocycles. The number of nitrogens with zero attached hydrogens (tertiary/aromatic N) is 2. The van der Waals surface area contributed by atoms with Gasteiger partial charge in [0.05, 0.1) is 5.91 Å². The van der Waals surface area contributed by atoms with Crippen LogP contribution in [0.2, 0.25) is 0 Å². The van der Waals surface area contributed by atoms with Crippen molar-refractivity contribution in [1.82, 2.24) is 4.90 Å². The third-order valence-electron chi connectivity index (χ3n) is 1.74. The van der Waals surface area contributed by atoms with Crippen molar-refractivity contribution < 1.29 is 24.3 Å². The summed E-state index contributed by atoms with van der Waals surface area (Å²) in [4.78, 5) is 12.9. The summed E-state index contributed by atoms with van der Waals surface area (Å²) in [6.07, 6.45) is 0. The molecule has 0 aromatic carbocycles. The van der Waals surface area contributed by atoms with Gasteiger partial charge in [0.2, 0.25) is 0 Å². The normalized spacial score (nSPS) is 19.4. The maximum atomic E-state index is 10.8. The zero-order valence-electron chi connectivity index (χ0n) is 6.83. The van der Waals surface area contributed by atoms with Gasteiger partial charge in [-0.1, -0.05) is 0 Å². The van der Waals surface area contributed by atoms with Crippen molar-refractivity contribution in [2.24, 2.45) is 0 Å². The number of carbonyl (C=O) groups is 1. The van der Waals surface area contributed by atoms with Gasteiger partial charge < -0.3 is 10.1 Å². The monoisotopic (exact) mass is 244 g/mol. The Bertz CT molecular complexity index is 138. The van der Waals surface area contributed by atoms with Crippen LogP contribution in [0.3, 0.4) is 0 Å². The topological polar surface area (TPSA) is 34.4 Å². The Hall–Kier alpha value is 0.0534. The minimum atomic E-state index is 0. The van der Waals surface area contributed by atoms with Crippen LogP contribution in [0.1, 0.15) is 13.8 Å². The van der Waals surface area contributed by atoms with Gasteiger partial charge in [-0.15, -0.1) is 6.54 Å². The largest absolute Gasteiger partial charge is 0.651 e. The first kappa shape index (κ1) is 11.1. The molecule has 0 unspecified atom stereocenters. The van der Waals surface area contributed by atoms with E-state index in [0.717, 1.165) is 6.54 Å². The quantitative estimate of drug-likeness (QED) is 0.633. The molecule has 0 aromatic rings. The van der Waals surface area contributed by atoms with Crippen LogP contribution in [0.15, 0.2) is 0 Å². The van der Waals surface area contributed by atoms with Crippen LogP contribution in [0.4, 0.5) is 0 Å². The van der Waals surface area contributed by atoms with E-state index in [4.69, 9.17) is 0 Å². The zero-order chi connectivity index (χ0) is 7.56. The van der Waals surface area contributed by atoms with Gasteiger partial charge in [0.15, 0.2) is 0 Å². The van der Waals surface area contributed by atoms with Crippen LogP contribution >= 0.6 is 0 Å². The fourth-order valence-corrected chi connectivity index (χ4v) is 1.05. The Morgan fingerprint density at radius 1 is 1.55 bits per heavy atom. The van der Waals surface area contributed by atoms with Gasteiger partial charge in [0.1, 0.15) is 0 Å². The minimum absolute atomic E-state index is 0. The first-order valence-electron chi connectivity index (χ1n) is 3.64. The van der Waals surface area contributed by atoms with Crippen LogP contribution in [0.25, 0.3) is 5.32 Å². The van der Waals surface area contributed by atoms with Crippen molar-refractivity contribution in [2.75, 3.05) is 19.6 Å². The van der Waals surface area contributed by atoms with Gasteiger partial charge in [-0.2, -0.15) is 0 Å². The molecule has 1 aliphatic heterocycles. The molecule has 1 saturated heterocycles. The molecule has 0 saturated carbocycles. The molecule has 4 heteroatoms. The van der Waals surface area contributed by atoms with Crippen LogP contribution in [-0.4, -0.2) is 36.5 Å². The smallest absolute Gasteiger partial charge is 0.0655 e. The molecule has 3 nitrogen and oxygen atoms in total.